The van der Waals surface area contributed by atoms with Gasteiger partial charge in [0.05, 0.1) is 22.5 Å². The summed E-state index contributed by atoms with van der Waals surface area (Å²) in [6.07, 6.45) is 1.60. The first-order valence-electron chi connectivity index (χ1n) is 11.6. The molecule has 0 saturated carbocycles. The molecule has 4 rings (SSSR count). The Labute approximate surface area is 220 Å². The Morgan fingerprint density at radius 3 is 2.53 bits per heavy atom. The monoisotopic (exact) mass is 575 g/mol. The maximum absolute atomic E-state index is 12.4. The highest BCUT2D eigenvalue weighted by molar-refractivity contribution is 9.10. The minimum Gasteiger partial charge on any atom is -0.492 e. The summed E-state index contributed by atoms with van der Waals surface area (Å²) in [6.45, 7) is 6.43. The first-order valence-corrected chi connectivity index (χ1v) is 13.9. The Kier molecular flexibility index (Phi) is 8.29. The van der Waals surface area contributed by atoms with Crippen molar-refractivity contribution >= 4 is 54.8 Å². The molecule has 0 radical (unpaired) electrons. The van der Waals surface area contributed by atoms with Gasteiger partial charge in [-0.2, -0.15) is 4.98 Å². The molecule has 12 heteroatoms. The number of benzene rings is 2. The number of likely N-dealkylation sites (N-methyl/N-ethyl adjacent to an activating group) is 1. The van der Waals surface area contributed by atoms with E-state index in [-0.39, 0.29) is 4.90 Å². The summed E-state index contributed by atoms with van der Waals surface area (Å²) in [4.78, 5) is 13.7. The molecule has 1 aromatic heterocycles. The Morgan fingerprint density at radius 2 is 1.81 bits per heavy atom. The summed E-state index contributed by atoms with van der Waals surface area (Å²) in [5.74, 6) is 1.46. The smallest absolute Gasteiger partial charge is 0.242 e. The average molecular weight is 577 g/mol. The highest BCUT2D eigenvalue weighted by Gasteiger charge is 2.19. The molecule has 10 nitrogen and oxygen atoms in total. The average Bonchev–Trinajstić information content (AvgIpc) is 2.88. The number of anilines is 5. The zero-order valence-corrected chi connectivity index (χ0v) is 22.9. The zero-order chi connectivity index (χ0) is 25.7. The molecule has 0 atom stereocenters. The summed E-state index contributed by atoms with van der Waals surface area (Å²) in [5, 5.41) is 6.34. The van der Waals surface area contributed by atoms with E-state index in [4.69, 9.17) is 4.74 Å². The van der Waals surface area contributed by atoms with Gasteiger partial charge in [0.15, 0.2) is 0 Å². The van der Waals surface area contributed by atoms with E-state index in [1.807, 2.05) is 19.1 Å². The molecule has 0 aliphatic carbocycles. The van der Waals surface area contributed by atoms with Gasteiger partial charge >= 0.3 is 0 Å². The number of rotatable bonds is 9. The maximum atomic E-state index is 12.4. The molecule has 0 unspecified atom stereocenters. The van der Waals surface area contributed by atoms with Crippen LogP contribution in [0.5, 0.6) is 5.75 Å². The lowest BCUT2D eigenvalue weighted by Gasteiger charge is -2.34. The third kappa shape index (κ3) is 6.06. The molecule has 2 heterocycles. The van der Waals surface area contributed by atoms with Crippen molar-refractivity contribution in [3.8, 4) is 5.75 Å². The molecule has 1 aliphatic heterocycles. The molecule has 1 fully saturated rings. The molecule has 36 heavy (non-hydrogen) atoms. The number of hydrogen-bond acceptors (Lipinski definition) is 9. The number of nitrogens with one attached hydrogen (secondary N) is 3. The maximum Gasteiger partial charge on any atom is 0.242 e. The fraction of sp³-hybridized carbons (Fsp3) is 0.333. The molecule has 2 aromatic carbocycles. The van der Waals surface area contributed by atoms with Gasteiger partial charge in [0, 0.05) is 44.1 Å². The lowest BCUT2D eigenvalue weighted by molar-refractivity contribution is 0.312. The van der Waals surface area contributed by atoms with Gasteiger partial charge in [-0.25, -0.2) is 18.1 Å². The van der Waals surface area contributed by atoms with Gasteiger partial charge in [-0.3, -0.25) is 0 Å². The van der Waals surface area contributed by atoms with Crippen molar-refractivity contribution < 1.29 is 13.2 Å². The van der Waals surface area contributed by atoms with Gasteiger partial charge in [-0.1, -0.05) is 12.1 Å². The van der Waals surface area contributed by atoms with Crippen LogP contribution >= 0.6 is 15.9 Å². The number of aromatic nitrogens is 2. The van der Waals surface area contributed by atoms with Crippen LogP contribution in [0, 0.1) is 0 Å². The van der Waals surface area contributed by atoms with E-state index >= 15 is 0 Å². The highest BCUT2D eigenvalue weighted by atomic mass is 79.9. The first-order chi connectivity index (χ1) is 17.3. The molecule has 0 spiro atoms. The summed E-state index contributed by atoms with van der Waals surface area (Å²) in [7, 11) is -0.150. The SMILES string of the molecule is CCOc1cc(N2CCN(C)CC2)ccc1Nc1ncc(Br)c(Nc2ccccc2S(=O)(=O)NC)n1. The van der Waals surface area contributed by atoms with Crippen LogP contribution < -0.4 is 25.0 Å². The van der Waals surface area contributed by atoms with Crippen molar-refractivity contribution in [2.24, 2.45) is 0 Å². The summed E-state index contributed by atoms with van der Waals surface area (Å²) < 4.78 is 33.7. The fourth-order valence-electron chi connectivity index (χ4n) is 3.83. The molecule has 192 valence electrons. The Morgan fingerprint density at radius 1 is 1.06 bits per heavy atom. The third-order valence-corrected chi connectivity index (χ3v) is 7.88. The second kappa shape index (κ2) is 11.4. The van der Waals surface area contributed by atoms with Gasteiger partial charge < -0.3 is 25.2 Å². The predicted molar refractivity (Wildman–Crippen MR) is 146 cm³/mol. The van der Waals surface area contributed by atoms with Gasteiger partial charge in [0.25, 0.3) is 0 Å². The third-order valence-electron chi connectivity index (χ3n) is 5.82. The largest absolute Gasteiger partial charge is 0.492 e. The van der Waals surface area contributed by atoms with Gasteiger partial charge in [-0.15, -0.1) is 0 Å². The van der Waals surface area contributed by atoms with Crippen LogP contribution in [0.15, 0.2) is 58.0 Å². The van der Waals surface area contributed by atoms with Crippen molar-refractivity contribution in [2.45, 2.75) is 11.8 Å². The van der Waals surface area contributed by atoms with Gasteiger partial charge in [-0.05, 0) is 61.2 Å². The standard InChI is InChI=1S/C24H30BrN7O3S/c1-4-35-21-15-17(32-13-11-31(3)12-14-32)9-10-19(21)29-24-27-16-18(25)23(30-24)28-20-7-5-6-8-22(20)36(33,34)26-2/h5-10,15-16,26H,4,11-14H2,1-3H3,(H2,27,28,29,30). The van der Waals surface area contributed by atoms with Crippen molar-refractivity contribution in [1.82, 2.24) is 19.6 Å². The number of halogens is 1. The van der Waals surface area contributed by atoms with E-state index < -0.39 is 10.0 Å². The van der Waals surface area contributed by atoms with Crippen LogP contribution in [0.2, 0.25) is 0 Å². The minimum absolute atomic E-state index is 0.116. The Bertz CT molecular complexity index is 1310. The van der Waals surface area contributed by atoms with E-state index in [0.717, 1.165) is 37.6 Å². The first kappa shape index (κ1) is 26.1. The number of hydrogen-bond donors (Lipinski definition) is 3. The normalized spacial score (nSPS) is 14.5. The summed E-state index contributed by atoms with van der Waals surface area (Å²) in [6, 6.07) is 12.7. The van der Waals surface area contributed by atoms with Crippen LogP contribution in [0.4, 0.5) is 28.8 Å². The van der Waals surface area contributed by atoms with Crippen LogP contribution in [0.1, 0.15) is 6.92 Å². The van der Waals surface area contributed by atoms with E-state index in [0.29, 0.717) is 34.3 Å². The van der Waals surface area contributed by atoms with Crippen LogP contribution in [0.3, 0.4) is 0 Å². The van der Waals surface area contributed by atoms with Gasteiger partial charge in [0.2, 0.25) is 16.0 Å². The topological polar surface area (TPSA) is 112 Å². The van der Waals surface area contributed by atoms with E-state index in [1.54, 1.807) is 24.4 Å². The molecule has 1 saturated heterocycles. The number of piperazine rings is 1. The molecular formula is C24H30BrN7O3S. The van der Waals surface area contributed by atoms with Crippen LogP contribution in [-0.4, -0.2) is 70.2 Å². The highest BCUT2D eigenvalue weighted by Crippen LogP contribution is 2.33. The van der Waals surface area contributed by atoms with Gasteiger partial charge in [0.1, 0.15) is 16.5 Å². The fourth-order valence-corrected chi connectivity index (χ4v) is 5.00. The Balaban J connectivity index is 1.59. The van der Waals surface area contributed by atoms with Crippen molar-refractivity contribution in [2.75, 3.05) is 62.4 Å². The number of sulfonamides is 1. The van der Waals surface area contributed by atoms with Crippen LogP contribution in [0.25, 0.3) is 0 Å². The van der Waals surface area contributed by atoms with Crippen molar-refractivity contribution in [3.05, 3.63) is 53.1 Å². The molecule has 3 aromatic rings. The minimum atomic E-state index is -3.66. The van der Waals surface area contributed by atoms with E-state index in [2.05, 4.69) is 64.2 Å². The number of nitrogens with zero attached hydrogens (tertiary/aromatic N) is 4. The molecule has 3 N–H and O–H groups in total. The van der Waals surface area contributed by atoms with Crippen molar-refractivity contribution in [1.29, 1.82) is 0 Å². The van der Waals surface area contributed by atoms with E-state index in [1.165, 1.54) is 13.1 Å². The second-order valence-corrected chi connectivity index (χ2v) is 11.0. The second-order valence-electron chi connectivity index (χ2n) is 8.25. The summed E-state index contributed by atoms with van der Waals surface area (Å²) in [5.41, 5.74) is 2.24. The molecule has 0 amide bonds. The van der Waals surface area contributed by atoms with Crippen molar-refractivity contribution in [3.63, 3.8) is 0 Å². The number of para-hydroxylation sites is 1. The zero-order valence-electron chi connectivity index (χ0n) is 20.5. The molecule has 1 aliphatic rings. The Hall–Kier alpha value is -2.93. The summed E-state index contributed by atoms with van der Waals surface area (Å²) >= 11 is 3.45. The predicted octanol–water partition coefficient (Wildman–Crippen LogP) is 3.78. The lowest BCUT2D eigenvalue weighted by Crippen LogP contribution is -2.44. The molecular weight excluding hydrogens is 546 g/mol. The number of ether oxygens (including phenoxy) is 1. The van der Waals surface area contributed by atoms with E-state index in [9.17, 15) is 8.42 Å². The molecule has 0 bridgehead atoms. The van der Waals surface area contributed by atoms with Crippen LogP contribution in [-0.2, 0) is 10.0 Å². The lowest BCUT2D eigenvalue weighted by atomic mass is 10.2. The quantitative estimate of drug-likeness (QED) is 0.351.